The number of nitriles is 6. The van der Waals surface area contributed by atoms with Crippen molar-refractivity contribution in [2.45, 2.75) is 0 Å². The molecule has 69 heavy (non-hydrogen) atoms. The van der Waals surface area contributed by atoms with Crippen LogP contribution < -0.4 is 15.1 Å². The van der Waals surface area contributed by atoms with E-state index in [9.17, 15) is 49.8 Å². The minimum absolute atomic E-state index is 0.0212. The van der Waals surface area contributed by atoms with Crippen molar-refractivity contribution in [1.29, 1.82) is 31.6 Å². The average Bonchev–Trinajstić information content (AvgIpc) is 3.81. The number of allylic oxidation sites excluding steroid dienone is 4. The number of ether oxygens (including phenoxy) is 2. The second kappa shape index (κ2) is 20.3. The van der Waals surface area contributed by atoms with Gasteiger partial charge in [-0.05, 0) is 96.1 Å². The van der Waals surface area contributed by atoms with E-state index in [4.69, 9.17) is 20.0 Å². The van der Waals surface area contributed by atoms with Crippen LogP contribution in [0.5, 0.6) is 0 Å². The Kier molecular flexibility index (Phi) is 13.6. The molecule has 2 aliphatic heterocycles. The number of carbonyl (C=O) groups is 6. The van der Waals surface area contributed by atoms with E-state index >= 15 is 0 Å². The molecule has 0 bridgehead atoms. The Labute approximate surface area is 391 Å². The lowest BCUT2D eigenvalue weighted by Crippen LogP contribution is -2.32. The molecule has 19 heteroatoms. The summed E-state index contributed by atoms with van der Waals surface area (Å²) in [6.07, 6.45) is 0. The van der Waals surface area contributed by atoms with Gasteiger partial charge in [0.25, 0.3) is 23.6 Å². The van der Waals surface area contributed by atoms with Crippen molar-refractivity contribution in [1.82, 2.24) is 5.32 Å². The van der Waals surface area contributed by atoms with Crippen molar-refractivity contribution in [2.24, 2.45) is 10.2 Å². The molecule has 2 aliphatic rings. The van der Waals surface area contributed by atoms with Crippen LogP contribution in [0, 0.1) is 68.0 Å². The first-order chi connectivity index (χ1) is 33.4. The number of rotatable bonds is 14. The highest BCUT2D eigenvalue weighted by molar-refractivity contribution is 6.34. The van der Waals surface area contributed by atoms with E-state index in [1.54, 1.807) is 53.4 Å². The van der Waals surface area contributed by atoms with Gasteiger partial charge in [0.15, 0.2) is 0 Å². The number of anilines is 2. The summed E-state index contributed by atoms with van der Waals surface area (Å²) in [4.78, 5) is 80.1. The molecule has 7 rings (SSSR count). The van der Waals surface area contributed by atoms with Crippen LogP contribution in [0.25, 0.3) is 11.1 Å². The Bertz CT molecular complexity index is 3360. The molecule has 19 nitrogen and oxygen atoms in total. The van der Waals surface area contributed by atoms with E-state index in [-0.39, 0.29) is 87.7 Å². The maximum absolute atomic E-state index is 13.6. The number of amides is 4. The number of nitrogens with one attached hydrogen (secondary N) is 1. The van der Waals surface area contributed by atoms with E-state index in [1.165, 1.54) is 84.9 Å². The number of imide groups is 2. The van der Waals surface area contributed by atoms with E-state index in [1.807, 2.05) is 12.1 Å². The van der Waals surface area contributed by atoms with Gasteiger partial charge in [-0.1, -0.05) is 24.3 Å². The third-order valence-corrected chi connectivity index (χ3v) is 10.5. The summed E-state index contributed by atoms with van der Waals surface area (Å²) in [6, 6.07) is 36.8. The highest BCUT2D eigenvalue weighted by Crippen LogP contribution is 2.32. The smallest absolute Gasteiger partial charge is 0.338 e. The lowest BCUT2D eigenvalue weighted by atomic mass is 10.0. The second-order valence-corrected chi connectivity index (χ2v) is 14.5. The van der Waals surface area contributed by atoms with Crippen molar-refractivity contribution < 1.29 is 38.2 Å². The zero-order chi connectivity index (χ0) is 49.2. The fourth-order valence-electron chi connectivity index (χ4n) is 7.05. The molecule has 5 aromatic carbocycles. The monoisotopic (exact) mass is 909 g/mol. The highest BCUT2D eigenvalue weighted by Gasteiger charge is 2.37. The van der Waals surface area contributed by atoms with Crippen molar-refractivity contribution in [2.75, 3.05) is 36.1 Å². The van der Waals surface area contributed by atoms with Crippen LogP contribution in [0.1, 0.15) is 73.3 Å². The van der Waals surface area contributed by atoms with Gasteiger partial charge in [-0.3, -0.25) is 24.5 Å². The average molecular weight is 910 g/mol. The molecule has 0 radical (unpaired) electrons. The molecule has 0 saturated heterocycles. The van der Waals surface area contributed by atoms with Crippen molar-refractivity contribution >= 4 is 69.5 Å². The lowest BCUT2D eigenvalue weighted by molar-refractivity contribution is 0.0503. The Hall–Kier alpha value is -10.9. The van der Waals surface area contributed by atoms with Crippen molar-refractivity contribution in [3.63, 3.8) is 0 Å². The molecule has 0 aromatic heterocycles. The molecule has 0 unspecified atom stereocenters. The van der Waals surface area contributed by atoms with E-state index < -0.39 is 35.6 Å². The molecule has 0 spiro atoms. The third kappa shape index (κ3) is 9.66. The number of esters is 2. The number of fused-ring (bicyclic) bond motifs is 2. The van der Waals surface area contributed by atoms with Gasteiger partial charge in [0, 0.05) is 5.69 Å². The summed E-state index contributed by atoms with van der Waals surface area (Å²) < 4.78 is 11.1. The summed E-state index contributed by atoms with van der Waals surface area (Å²) in [7, 11) is 0. The number of carbonyl (C=O) groups excluding carboxylic acids is 6. The normalized spacial score (nSPS) is 11.9. The summed E-state index contributed by atoms with van der Waals surface area (Å²) in [5.74, 6) is -4.13. The topological polar surface area (TPSA) is 307 Å². The fraction of sp³-hybridized carbons (Fsp3) is 0.0800. The van der Waals surface area contributed by atoms with Gasteiger partial charge in [0.2, 0.25) is 0 Å². The van der Waals surface area contributed by atoms with Gasteiger partial charge in [0.05, 0.1) is 74.7 Å². The van der Waals surface area contributed by atoms with Crippen LogP contribution in [0.2, 0.25) is 0 Å². The molecule has 0 saturated carbocycles. The minimum Gasteiger partial charge on any atom is -0.460 e. The van der Waals surface area contributed by atoms with E-state index in [0.717, 1.165) is 4.90 Å². The van der Waals surface area contributed by atoms with Crippen LogP contribution in [-0.2, 0) is 9.47 Å². The summed E-state index contributed by atoms with van der Waals surface area (Å²) in [5, 5.41) is 66.3. The number of hydrogen-bond acceptors (Lipinski definition) is 17. The van der Waals surface area contributed by atoms with Crippen LogP contribution >= 0.6 is 0 Å². The van der Waals surface area contributed by atoms with Crippen molar-refractivity contribution in [3.8, 4) is 36.4 Å². The molecule has 1 N–H and O–H groups in total. The third-order valence-electron chi connectivity index (χ3n) is 10.5. The molecule has 4 amide bonds. The maximum Gasteiger partial charge on any atom is 0.338 e. The Balaban J connectivity index is 1.00. The van der Waals surface area contributed by atoms with Crippen LogP contribution in [0.15, 0.2) is 131 Å². The molecule has 0 aliphatic carbocycles. The maximum atomic E-state index is 13.6. The first-order valence-electron chi connectivity index (χ1n) is 20.2. The fourth-order valence-corrected chi connectivity index (χ4v) is 7.05. The zero-order valence-electron chi connectivity index (χ0n) is 35.5. The number of benzene rings is 5. The van der Waals surface area contributed by atoms with Gasteiger partial charge in [-0.15, -0.1) is 0 Å². The second-order valence-electron chi connectivity index (χ2n) is 14.5. The standard InChI is InChI=1S/C50H27N11O8/c51-23-33(24-52)43(27-55)29-1-7-35(8-2-29)58-59-36-9-13-38(14-10-36)61-47(64)40-16-6-32(22-42(40)48(61)65)50(67)69-20-18-60(37-11-3-30(4-12-37)44(28-56)34(25-53)26-54)17-19-68-49(66)31-5-15-39-41(21-31)46(63)57-45(39)62/h1-16,21-22H,17-20H2,(H,57,62,63). The molecule has 0 fully saturated rings. The first kappa shape index (κ1) is 46.1. The molecular formula is C50H27N11O8. The quantitative estimate of drug-likeness (QED) is 0.0510. The number of nitrogens with zero attached hydrogens (tertiary/aromatic N) is 10. The first-order valence-corrected chi connectivity index (χ1v) is 20.2. The lowest BCUT2D eigenvalue weighted by Gasteiger charge is -2.25. The molecule has 330 valence electrons. The molecule has 5 aromatic rings. The summed E-state index contributed by atoms with van der Waals surface area (Å²) in [6.45, 7) is -0.362. The van der Waals surface area contributed by atoms with Crippen LogP contribution in [0.3, 0.4) is 0 Å². The number of hydrogen-bond donors (Lipinski definition) is 1. The highest BCUT2D eigenvalue weighted by atomic mass is 16.5. The van der Waals surface area contributed by atoms with Crippen LogP contribution in [-0.4, -0.2) is 61.9 Å². The Morgan fingerprint density at radius 3 is 1.42 bits per heavy atom. The Morgan fingerprint density at radius 1 is 0.507 bits per heavy atom. The molecule has 2 heterocycles. The SMILES string of the molecule is N#CC(C#N)=C(C#N)c1ccc(N=Nc2ccc(N3C(=O)c4ccc(C(=O)OCCN(CCOC(=O)c5ccc6c(c5)C(=O)NC6=O)c5ccc(C(C#N)=C(C#N)C#N)cc5)cc4C3=O)cc2)cc1. The van der Waals surface area contributed by atoms with E-state index in [2.05, 4.69) is 15.5 Å². The van der Waals surface area contributed by atoms with Gasteiger partial charge in [-0.25, -0.2) is 14.5 Å². The minimum atomic E-state index is -0.818. The van der Waals surface area contributed by atoms with Gasteiger partial charge >= 0.3 is 11.9 Å². The number of azo groups is 1. The summed E-state index contributed by atoms with van der Waals surface area (Å²) >= 11 is 0. The summed E-state index contributed by atoms with van der Waals surface area (Å²) in [5.41, 5.74) is 1.44. The van der Waals surface area contributed by atoms with Crippen LogP contribution in [0.4, 0.5) is 22.7 Å². The molecular weight excluding hydrogens is 883 g/mol. The van der Waals surface area contributed by atoms with Gasteiger partial charge < -0.3 is 14.4 Å². The predicted molar refractivity (Wildman–Crippen MR) is 240 cm³/mol. The van der Waals surface area contributed by atoms with Gasteiger partial charge in [-0.2, -0.15) is 41.8 Å². The van der Waals surface area contributed by atoms with E-state index in [0.29, 0.717) is 28.2 Å². The van der Waals surface area contributed by atoms with Gasteiger partial charge in [0.1, 0.15) is 60.8 Å². The zero-order valence-corrected chi connectivity index (χ0v) is 35.5. The predicted octanol–water partition coefficient (Wildman–Crippen LogP) is 6.96. The van der Waals surface area contributed by atoms with Crippen molar-refractivity contribution in [3.05, 3.63) is 165 Å². The largest absolute Gasteiger partial charge is 0.460 e. The Morgan fingerprint density at radius 2 is 0.928 bits per heavy atom. The molecule has 0 atom stereocenters.